The number of ether oxygens (including phenoxy) is 1. The molecule has 7 heteroatoms. The molecule has 5 nitrogen and oxygen atoms in total. The number of nitrogens with one attached hydrogen (secondary N) is 1. The lowest BCUT2D eigenvalue weighted by atomic mass is 10.2. The Kier molecular flexibility index (Phi) is 6.26. The van der Waals surface area contributed by atoms with E-state index >= 15 is 0 Å². The number of sulfonamides is 1. The van der Waals surface area contributed by atoms with Crippen LogP contribution in [0.1, 0.15) is 11.1 Å². The van der Waals surface area contributed by atoms with E-state index in [2.05, 4.69) is 25.9 Å². The number of nitrogens with zero attached hydrogens (tertiary/aromatic N) is 1. The predicted molar refractivity (Wildman–Crippen MR) is 109 cm³/mol. The van der Waals surface area contributed by atoms with E-state index in [4.69, 9.17) is 4.74 Å². The van der Waals surface area contributed by atoms with Crippen LogP contribution in [0.4, 0.5) is 0 Å². The number of halogens is 1. The monoisotopic (exact) mass is 444 g/mol. The number of hydrazone groups is 1. The van der Waals surface area contributed by atoms with E-state index in [9.17, 15) is 8.42 Å². The summed E-state index contributed by atoms with van der Waals surface area (Å²) in [6.07, 6.45) is 1.44. The normalized spacial score (nSPS) is 11.4. The fourth-order valence-electron chi connectivity index (χ4n) is 2.22. The van der Waals surface area contributed by atoms with Crippen LogP contribution in [0, 0.1) is 0 Å². The maximum atomic E-state index is 12.1. The van der Waals surface area contributed by atoms with Gasteiger partial charge in [0.25, 0.3) is 10.0 Å². The Balaban J connectivity index is 1.55. The minimum absolute atomic E-state index is 0.166. The number of rotatable bonds is 7. The van der Waals surface area contributed by atoms with E-state index < -0.39 is 10.0 Å². The zero-order valence-electron chi connectivity index (χ0n) is 14.2. The minimum Gasteiger partial charge on any atom is -0.489 e. The van der Waals surface area contributed by atoms with Crippen molar-refractivity contribution in [1.82, 2.24) is 4.83 Å². The van der Waals surface area contributed by atoms with Crippen molar-refractivity contribution in [3.63, 3.8) is 0 Å². The van der Waals surface area contributed by atoms with Gasteiger partial charge >= 0.3 is 0 Å². The van der Waals surface area contributed by atoms with Gasteiger partial charge in [-0.2, -0.15) is 13.5 Å². The van der Waals surface area contributed by atoms with Crippen LogP contribution >= 0.6 is 15.9 Å². The fraction of sp³-hybridized carbons (Fsp3) is 0.0500. The second-order valence-corrected chi connectivity index (χ2v) is 8.23. The first-order valence-electron chi connectivity index (χ1n) is 8.10. The zero-order valence-corrected chi connectivity index (χ0v) is 16.7. The molecule has 0 aliphatic heterocycles. The van der Waals surface area contributed by atoms with Crippen molar-refractivity contribution in [2.45, 2.75) is 11.5 Å². The summed E-state index contributed by atoms with van der Waals surface area (Å²) in [6, 6.07) is 23.2. The highest BCUT2D eigenvalue weighted by Gasteiger charge is 2.10. The summed E-state index contributed by atoms with van der Waals surface area (Å²) in [5, 5.41) is 3.81. The molecule has 1 N–H and O–H groups in total. The van der Waals surface area contributed by atoms with Gasteiger partial charge in [-0.1, -0.05) is 46.3 Å². The third-order valence-corrected chi connectivity index (χ3v) is 5.41. The van der Waals surface area contributed by atoms with Crippen LogP contribution in [0.5, 0.6) is 5.75 Å². The quantitative estimate of drug-likeness (QED) is 0.435. The van der Waals surface area contributed by atoms with Crippen LogP contribution in [0.3, 0.4) is 0 Å². The SMILES string of the molecule is O=S(=O)(NN=Cc1ccc(OCc2ccc(Br)cc2)cc1)c1ccccc1. The zero-order chi connectivity index (χ0) is 19.1. The fourth-order valence-corrected chi connectivity index (χ4v) is 3.30. The highest BCUT2D eigenvalue weighted by molar-refractivity contribution is 9.10. The Morgan fingerprint density at radius 2 is 1.59 bits per heavy atom. The molecule has 0 aliphatic carbocycles. The van der Waals surface area contributed by atoms with Gasteiger partial charge in [-0.05, 0) is 59.7 Å². The molecular formula is C20H17BrN2O3S. The van der Waals surface area contributed by atoms with Gasteiger partial charge < -0.3 is 4.74 Å². The molecule has 0 radical (unpaired) electrons. The summed E-state index contributed by atoms with van der Waals surface area (Å²) < 4.78 is 30.9. The molecule has 0 saturated heterocycles. The Bertz CT molecular complexity index is 1000. The number of hydrogen-bond donors (Lipinski definition) is 1. The van der Waals surface area contributed by atoms with Crippen LogP contribution in [-0.4, -0.2) is 14.6 Å². The summed E-state index contributed by atoms with van der Waals surface area (Å²) in [4.78, 5) is 2.36. The van der Waals surface area contributed by atoms with Gasteiger partial charge in [-0.3, -0.25) is 0 Å². The predicted octanol–water partition coefficient (Wildman–Crippen LogP) is 4.34. The van der Waals surface area contributed by atoms with Crippen LogP contribution in [-0.2, 0) is 16.6 Å². The molecule has 3 rings (SSSR count). The van der Waals surface area contributed by atoms with Crippen molar-refractivity contribution in [2.75, 3.05) is 0 Å². The summed E-state index contributed by atoms with van der Waals surface area (Å²) in [5.41, 5.74) is 1.82. The van der Waals surface area contributed by atoms with Crippen molar-refractivity contribution >= 4 is 32.2 Å². The lowest BCUT2D eigenvalue weighted by Gasteiger charge is -2.06. The Morgan fingerprint density at radius 1 is 0.926 bits per heavy atom. The largest absolute Gasteiger partial charge is 0.489 e. The van der Waals surface area contributed by atoms with Gasteiger partial charge in [0.05, 0.1) is 11.1 Å². The molecule has 0 unspecified atom stereocenters. The first kappa shape index (κ1) is 19.1. The molecular weight excluding hydrogens is 428 g/mol. The van der Waals surface area contributed by atoms with Gasteiger partial charge in [0.1, 0.15) is 12.4 Å². The van der Waals surface area contributed by atoms with Crippen molar-refractivity contribution in [2.24, 2.45) is 5.10 Å². The van der Waals surface area contributed by atoms with Crippen molar-refractivity contribution in [3.05, 3.63) is 94.5 Å². The molecule has 0 aromatic heterocycles. The lowest BCUT2D eigenvalue weighted by Crippen LogP contribution is -2.18. The Labute approximate surface area is 166 Å². The molecule has 3 aromatic carbocycles. The molecule has 0 saturated carbocycles. The van der Waals surface area contributed by atoms with Gasteiger partial charge in [-0.15, -0.1) is 0 Å². The first-order chi connectivity index (χ1) is 13.0. The van der Waals surface area contributed by atoms with E-state index in [0.29, 0.717) is 6.61 Å². The molecule has 27 heavy (non-hydrogen) atoms. The van der Waals surface area contributed by atoms with E-state index in [1.165, 1.54) is 18.3 Å². The van der Waals surface area contributed by atoms with Crippen LogP contribution < -0.4 is 9.57 Å². The Hall–Kier alpha value is -2.64. The van der Waals surface area contributed by atoms with Gasteiger partial charge in [-0.25, -0.2) is 4.83 Å². The molecule has 0 heterocycles. The average Bonchev–Trinajstić information content (AvgIpc) is 2.69. The van der Waals surface area contributed by atoms with E-state index in [1.807, 2.05) is 36.4 Å². The van der Waals surface area contributed by atoms with E-state index in [-0.39, 0.29) is 4.90 Å². The minimum atomic E-state index is -3.66. The second-order valence-electron chi connectivity index (χ2n) is 5.65. The van der Waals surface area contributed by atoms with Gasteiger partial charge in [0, 0.05) is 4.47 Å². The lowest BCUT2D eigenvalue weighted by molar-refractivity contribution is 0.306. The molecule has 0 aliphatic rings. The molecule has 0 spiro atoms. The highest BCUT2D eigenvalue weighted by Crippen LogP contribution is 2.15. The van der Waals surface area contributed by atoms with Crippen LogP contribution in [0.15, 0.2) is 93.3 Å². The standard InChI is InChI=1S/C20H17BrN2O3S/c21-18-10-6-17(7-11-18)15-26-19-12-8-16(9-13-19)14-22-23-27(24,25)20-4-2-1-3-5-20/h1-14,23H,15H2. The molecule has 0 bridgehead atoms. The topological polar surface area (TPSA) is 67.8 Å². The smallest absolute Gasteiger partial charge is 0.276 e. The molecule has 138 valence electrons. The Morgan fingerprint density at radius 3 is 2.26 bits per heavy atom. The van der Waals surface area contributed by atoms with Crippen LogP contribution in [0.2, 0.25) is 0 Å². The van der Waals surface area contributed by atoms with Crippen molar-refractivity contribution in [1.29, 1.82) is 0 Å². The van der Waals surface area contributed by atoms with E-state index in [0.717, 1.165) is 21.3 Å². The molecule has 0 amide bonds. The van der Waals surface area contributed by atoms with Crippen molar-refractivity contribution < 1.29 is 13.2 Å². The molecule has 3 aromatic rings. The number of hydrogen-bond acceptors (Lipinski definition) is 4. The van der Waals surface area contributed by atoms with Gasteiger partial charge in [0.15, 0.2) is 0 Å². The second kappa shape index (κ2) is 8.83. The number of benzene rings is 3. The summed E-state index contributed by atoms with van der Waals surface area (Å²) in [6.45, 7) is 0.470. The van der Waals surface area contributed by atoms with Crippen molar-refractivity contribution in [3.8, 4) is 5.75 Å². The maximum absolute atomic E-state index is 12.1. The van der Waals surface area contributed by atoms with Gasteiger partial charge in [0.2, 0.25) is 0 Å². The molecule has 0 atom stereocenters. The first-order valence-corrected chi connectivity index (χ1v) is 10.4. The average molecular weight is 445 g/mol. The van der Waals surface area contributed by atoms with E-state index in [1.54, 1.807) is 30.3 Å². The highest BCUT2D eigenvalue weighted by atomic mass is 79.9. The van der Waals surface area contributed by atoms with Crippen LogP contribution in [0.25, 0.3) is 0 Å². The summed E-state index contributed by atoms with van der Waals surface area (Å²) in [5.74, 6) is 0.722. The third kappa shape index (κ3) is 5.67. The summed E-state index contributed by atoms with van der Waals surface area (Å²) >= 11 is 3.40. The summed E-state index contributed by atoms with van der Waals surface area (Å²) in [7, 11) is -3.66. The molecule has 0 fully saturated rings. The maximum Gasteiger partial charge on any atom is 0.276 e. The third-order valence-electron chi connectivity index (χ3n) is 3.64.